The van der Waals surface area contributed by atoms with Crippen LogP contribution < -0.4 is 5.32 Å². The second kappa shape index (κ2) is 7.79. The molecule has 112 valence electrons. The van der Waals surface area contributed by atoms with Crippen molar-refractivity contribution in [2.45, 2.75) is 33.4 Å². The van der Waals surface area contributed by atoms with Crippen LogP contribution in [0.4, 0.5) is 5.82 Å². The molecule has 2 aromatic rings. The van der Waals surface area contributed by atoms with Gasteiger partial charge in [-0.05, 0) is 43.1 Å². The van der Waals surface area contributed by atoms with Gasteiger partial charge in [0.25, 0.3) is 0 Å². The fourth-order valence-electron chi connectivity index (χ4n) is 2.32. The maximum absolute atomic E-state index is 4.46. The van der Waals surface area contributed by atoms with Crippen molar-refractivity contribution in [3.05, 3.63) is 59.3 Å². The smallest absolute Gasteiger partial charge is 0.125 e. The summed E-state index contributed by atoms with van der Waals surface area (Å²) in [6.07, 6.45) is 3.08. The van der Waals surface area contributed by atoms with Gasteiger partial charge in [0, 0.05) is 25.8 Å². The second-order valence-electron chi connectivity index (χ2n) is 5.58. The first-order chi connectivity index (χ1) is 10.2. The molecule has 1 heterocycles. The van der Waals surface area contributed by atoms with E-state index < -0.39 is 0 Å². The molecule has 2 rings (SSSR count). The molecule has 0 bridgehead atoms. The number of rotatable bonds is 7. The molecule has 3 nitrogen and oxygen atoms in total. The van der Waals surface area contributed by atoms with Crippen LogP contribution in [0.5, 0.6) is 0 Å². The predicted molar refractivity (Wildman–Crippen MR) is 89.4 cm³/mol. The van der Waals surface area contributed by atoms with E-state index in [1.165, 1.54) is 16.7 Å². The first-order valence-electron chi connectivity index (χ1n) is 7.61. The summed E-state index contributed by atoms with van der Waals surface area (Å²) in [6.45, 7) is 7.16. The van der Waals surface area contributed by atoms with Gasteiger partial charge >= 0.3 is 0 Å². The van der Waals surface area contributed by atoms with Crippen LogP contribution in [0.15, 0.2) is 42.6 Å². The average molecular weight is 283 g/mol. The van der Waals surface area contributed by atoms with E-state index in [-0.39, 0.29) is 0 Å². The van der Waals surface area contributed by atoms with Crippen molar-refractivity contribution in [3.63, 3.8) is 0 Å². The van der Waals surface area contributed by atoms with Crippen LogP contribution in [0.2, 0.25) is 0 Å². The summed E-state index contributed by atoms with van der Waals surface area (Å²) < 4.78 is 0. The summed E-state index contributed by atoms with van der Waals surface area (Å²) in [5.41, 5.74) is 3.98. The van der Waals surface area contributed by atoms with E-state index in [2.05, 4.69) is 72.5 Å². The zero-order chi connectivity index (χ0) is 15.1. The Labute approximate surface area is 128 Å². The predicted octanol–water partition coefficient (Wildman–Crippen LogP) is 3.84. The minimum absolute atomic E-state index is 0.912. The number of pyridine rings is 1. The fourth-order valence-corrected chi connectivity index (χ4v) is 2.32. The van der Waals surface area contributed by atoms with Crippen molar-refractivity contribution >= 4 is 5.82 Å². The largest absolute Gasteiger partial charge is 0.370 e. The number of nitrogens with one attached hydrogen (secondary N) is 1. The Hall–Kier alpha value is -1.87. The van der Waals surface area contributed by atoms with Crippen LogP contribution >= 0.6 is 0 Å². The Morgan fingerprint density at radius 3 is 2.57 bits per heavy atom. The van der Waals surface area contributed by atoms with E-state index in [4.69, 9.17) is 0 Å². The highest BCUT2D eigenvalue weighted by atomic mass is 15.1. The van der Waals surface area contributed by atoms with E-state index in [0.29, 0.717) is 0 Å². The highest BCUT2D eigenvalue weighted by molar-refractivity contribution is 5.35. The van der Waals surface area contributed by atoms with Crippen molar-refractivity contribution in [1.82, 2.24) is 9.88 Å². The van der Waals surface area contributed by atoms with E-state index in [9.17, 15) is 0 Å². The van der Waals surface area contributed by atoms with Gasteiger partial charge in [0.1, 0.15) is 5.82 Å². The van der Waals surface area contributed by atoms with Gasteiger partial charge in [0.2, 0.25) is 0 Å². The summed E-state index contributed by atoms with van der Waals surface area (Å²) in [7, 11) is 2.15. The molecule has 0 unspecified atom stereocenters. The molecule has 1 aromatic carbocycles. The van der Waals surface area contributed by atoms with Crippen molar-refractivity contribution in [3.8, 4) is 0 Å². The summed E-state index contributed by atoms with van der Waals surface area (Å²) in [5.74, 6) is 0.960. The Morgan fingerprint density at radius 2 is 1.90 bits per heavy atom. The van der Waals surface area contributed by atoms with Gasteiger partial charge in [-0.3, -0.25) is 4.90 Å². The number of hydrogen-bond acceptors (Lipinski definition) is 3. The molecule has 0 amide bonds. The van der Waals surface area contributed by atoms with E-state index >= 15 is 0 Å². The van der Waals surface area contributed by atoms with E-state index in [1.807, 2.05) is 6.20 Å². The molecule has 0 atom stereocenters. The molecule has 0 saturated carbocycles. The summed E-state index contributed by atoms with van der Waals surface area (Å²) in [6, 6.07) is 12.8. The molecule has 1 aromatic heterocycles. The van der Waals surface area contributed by atoms with E-state index in [1.54, 1.807) is 0 Å². The quantitative estimate of drug-likeness (QED) is 0.836. The minimum atomic E-state index is 0.912. The van der Waals surface area contributed by atoms with Gasteiger partial charge in [-0.15, -0.1) is 0 Å². The molecule has 3 heteroatoms. The van der Waals surface area contributed by atoms with Crippen LogP contribution in [0, 0.1) is 6.92 Å². The molecule has 0 aliphatic rings. The van der Waals surface area contributed by atoms with Crippen molar-refractivity contribution in [2.24, 2.45) is 0 Å². The summed E-state index contributed by atoms with van der Waals surface area (Å²) in [5, 5.41) is 3.30. The molecular weight excluding hydrogens is 258 g/mol. The van der Waals surface area contributed by atoms with Crippen molar-refractivity contribution in [1.29, 1.82) is 0 Å². The first kappa shape index (κ1) is 15.5. The fraction of sp³-hybridized carbons (Fsp3) is 0.389. The topological polar surface area (TPSA) is 28.2 Å². The maximum Gasteiger partial charge on any atom is 0.125 e. The number of anilines is 1. The summed E-state index contributed by atoms with van der Waals surface area (Å²) in [4.78, 5) is 6.77. The lowest BCUT2D eigenvalue weighted by Gasteiger charge is -2.18. The van der Waals surface area contributed by atoms with Crippen molar-refractivity contribution in [2.75, 3.05) is 18.9 Å². The van der Waals surface area contributed by atoms with Crippen LogP contribution in [0.3, 0.4) is 0 Å². The molecule has 0 fully saturated rings. The van der Waals surface area contributed by atoms with Gasteiger partial charge in [0.05, 0.1) is 0 Å². The maximum atomic E-state index is 4.46. The highest BCUT2D eigenvalue weighted by Gasteiger charge is 2.04. The lowest BCUT2D eigenvalue weighted by molar-refractivity contribution is 0.318. The van der Waals surface area contributed by atoms with Gasteiger partial charge in [-0.1, -0.05) is 37.3 Å². The monoisotopic (exact) mass is 283 g/mol. The molecular formula is C18H25N3. The Bertz CT molecular complexity index is 549. The molecule has 0 aliphatic heterocycles. The van der Waals surface area contributed by atoms with E-state index in [0.717, 1.165) is 31.9 Å². The Morgan fingerprint density at radius 1 is 1.10 bits per heavy atom. The lowest BCUT2D eigenvalue weighted by atomic mass is 10.1. The third-order valence-corrected chi connectivity index (χ3v) is 3.53. The SMILES string of the molecule is CCCNc1ccc(CN(C)Cc2ccccc2C)cn1. The van der Waals surface area contributed by atoms with Gasteiger partial charge in [-0.2, -0.15) is 0 Å². The second-order valence-corrected chi connectivity index (χ2v) is 5.58. The standard InChI is InChI=1S/C18H25N3/c1-4-11-19-18-10-9-16(12-20-18)13-21(3)14-17-8-6-5-7-15(17)2/h5-10,12H,4,11,13-14H2,1-3H3,(H,19,20). The summed E-state index contributed by atoms with van der Waals surface area (Å²) >= 11 is 0. The molecule has 0 saturated heterocycles. The number of benzene rings is 1. The zero-order valence-corrected chi connectivity index (χ0v) is 13.3. The van der Waals surface area contributed by atoms with Crippen molar-refractivity contribution < 1.29 is 0 Å². The number of hydrogen-bond donors (Lipinski definition) is 1. The molecule has 0 radical (unpaired) electrons. The van der Waals surface area contributed by atoms with Crippen LogP contribution in [0.25, 0.3) is 0 Å². The molecule has 21 heavy (non-hydrogen) atoms. The average Bonchev–Trinajstić information content (AvgIpc) is 2.49. The van der Waals surface area contributed by atoms with Gasteiger partial charge in [-0.25, -0.2) is 4.98 Å². The molecule has 1 N–H and O–H groups in total. The number of aromatic nitrogens is 1. The normalized spacial score (nSPS) is 10.9. The van der Waals surface area contributed by atoms with Crippen LogP contribution in [-0.4, -0.2) is 23.5 Å². The highest BCUT2D eigenvalue weighted by Crippen LogP contribution is 2.12. The third kappa shape index (κ3) is 4.87. The minimum Gasteiger partial charge on any atom is -0.370 e. The Kier molecular flexibility index (Phi) is 5.76. The first-order valence-corrected chi connectivity index (χ1v) is 7.61. The zero-order valence-electron chi connectivity index (χ0n) is 13.3. The lowest BCUT2D eigenvalue weighted by Crippen LogP contribution is -2.18. The molecule has 0 spiro atoms. The third-order valence-electron chi connectivity index (χ3n) is 3.53. The Balaban J connectivity index is 1.90. The van der Waals surface area contributed by atoms with Crippen LogP contribution in [0.1, 0.15) is 30.0 Å². The number of aryl methyl sites for hydroxylation is 1. The number of nitrogens with zero attached hydrogens (tertiary/aromatic N) is 2. The molecule has 0 aliphatic carbocycles. The van der Waals surface area contributed by atoms with Crippen LogP contribution in [-0.2, 0) is 13.1 Å². The van der Waals surface area contributed by atoms with Gasteiger partial charge < -0.3 is 5.32 Å². The van der Waals surface area contributed by atoms with Gasteiger partial charge in [0.15, 0.2) is 0 Å².